The van der Waals surface area contributed by atoms with Crippen LogP contribution in [0.1, 0.15) is 36.5 Å². The molecule has 1 saturated heterocycles. The Morgan fingerprint density at radius 2 is 1.73 bits per heavy atom. The van der Waals surface area contributed by atoms with E-state index in [1.807, 2.05) is 6.92 Å². The molecule has 6 heteroatoms. The van der Waals surface area contributed by atoms with Crippen molar-refractivity contribution in [2.45, 2.75) is 26.2 Å². The van der Waals surface area contributed by atoms with Crippen molar-refractivity contribution in [3.63, 3.8) is 0 Å². The number of amides is 2. The summed E-state index contributed by atoms with van der Waals surface area (Å²) in [5.74, 6) is -2.22. The molecule has 1 aromatic carbocycles. The highest BCUT2D eigenvalue weighted by molar-refractivity contribution is 5.94. The average Bonchev–Trinajstić information content (AvgIpc) is 2.75. The molecule has 0 spiro atoms. The Morgan fingerprint density at radius 1 is 1.05 bits per heavy atom. The zero-order valence-corrected chi connectivity index (χ0v) is 12.6. The number of carbonyl (C=O) groups is 2. The highest BCUT2D eigenvalue weighted by atomic mass is 19.2. The zero-order valence-electron chi connectivity index (χ0n) is 12.6. The summed E-state index contributed by atoms with van der Waals surface area (Å²) in [6.45, 7) is 3.98. The second-order valence-corrected chi connectivity index (χ2v) is 5.41. The molecule has 0 bridgehead atoms. The lowest BCUT2D eigenvalue weighted by molar-refractivity contribution is -0.131. The minimum atomic E-state index is -1.03. The molecule has 0 atom stereocenters. The monoisotopic (exact) mass is 310 g/mol. The second-order valence-electron chi connectivity index (χ2n) is 5.41. The van der Waals surface area contributed by atoms with E-state index in [1.165, 1.54) is 6.07 Å². The summed E-state index contributed by atoms with van der Waals surface area (Å²) in [5.41, 5.74) is 0.132. The zero-order chi connectivity index (χ0) is 16.1. The van der Waals surface area contributed by atoms with Gasteiger partial charge in [-0.05, 0) is 31.0 Å². The lowest BCUT2D eigenvalue weighted by Crippen LogP contribution is -2.37. The molecular formula is C16H20F2N2O2. The molecule has 1 aromatic rings. The van der Waals surface area contributed by atoms with Gasteiger partial charge in [0.2, 0.25) is 5.91 Å². The summed E-state index contributed by atoms with van der Waals surface area (Å²) in [6.07, 6.45) is 1.99. The minimum absolute atomic E-state index is 0.102. The van der Waals surface area contributed by atoms with Crippen molar-refractivity contribution in [2.24, 2.45) is 0 Å². The lowest BCUT2D eigenvalue weighted by atomic mass is 10.2. The van der Waals surface area contributed by atoms with Crippen LogP contribution in [0.2, 0.25) is 0 Å². The summed E-state index contributed by atoms with van der Waals surface area (Å²) < 4.78 is 26.2. The predicted octanol–water partition coefficient (Wildman–Crippen LogP) is 2.44. The van der Waals surface area contributed by atoms with Gasteiger partial charge in [-0.1, -0.05) is 6.92 Å². The fraction of sp³-hybridized carbons (Fsp3) is 0.500. The maximum Gasteiger partial charge on any atom is 0.254 e. The second kappa shape index (κ2) is 7.33. The molecular weight excluding hydrogens is 290 g/mol. The van der Waals surface area contributed by atoms with Gasteiger partial charge in [-0.3, -0.25) is 9.59 Å². The van der Waals surface area contributed by atoms with Crippen LogP contribution in [0, 0.1) is 11.6 Å². The molecule has 0 radical (unpaired) electrons. The van der Waals surface area contributed by atoms with Crippen molar-refractivity contribution in [3.8, 4) is 0 Å². The summed E-state index contributed by atoms with van der Waals surface area (Å²) in [4.78, 5) is 27.6. The van der Waals surface area contributed by atoms with Gasteiger partial charge in [0.05, 0.1) is 0 Å². The van der Waals surface area contributed by atoms with Crippen LogP contribution >= 0.6 is 0 Å². The topological polar surface area (TPSA) is 40.6 Å². The molecule has 2 rings (SSSR count). The van der Waals surface area contributed by atoms with Gasteiger partial charge in [0.25, 0.3) is 5.91 Å². The maximum absolute atomic E-state index is 13.2. The summed E-state index contributed by atoms with van der Waals surface area (Å²) in [5, 5.41) is 0. The predicted molar refractivity (Wildman–Crippen MR) is 78.4 cm³/mol. The molecule has 1 fully saturated rings. The quantitative estimate of drug-likeness (QED) is 0.860. The van der Waals surface area contributed by atoms with Crippen LogP contribution in [0.3, 0.4) is 0 Å². The Kier molecular flexibility index (Phi) is 5.46. The highest BCUT2D eigenvalue weighted by Crippen LogP contribution is 2.13. The van der Waals surface area contributed by atoms with Gasteiger partial charge >= 0.3 is 0 Å². The van der Waals surface area contributed by atoms with E-state index in [9.17, 15) is 18.4 Å². The number of halogens is 2. The van der Waals surface area contributed by atoms with E-state index in [2.05, 4.69) is 0 Å². The van der Waals surface area contributed by atoms with Crippen LogP contribution in [0.5, 0.6) is 0 Å². The van der Waals surface area contributed by atoms with Crippen LogP contribution in [0.25, 0.3) is 0 Å². The maximum atomic E-state index is 13.2. The number of benzene rings is 1. The molecule has 120 valence electrons. The third-order valence-corrected chi connectivity index (χ3v) is 3.77. The Labute approximate surface area is 128 Å². The minimum Gasteiger partial charge on any atom is -0.341 e. The molecule has 0 aromatic heterocycles. The van der Waals surface area contributed by atoms with Crippen molar-refractivity contribution in [2.75, 3.05) is 26.2 Å². The summed E-state index contributed by atoms with van der Waals surface area (Å²) in [6, 6.07) is 3.16. The fourth-order valence-electron chi connectivity index (χ4n) is 2.55. The SMILES string of the molecule is CCCC(=O)N1CCCN(C(=O)c2ccc(F)c(F)c2)CC1. The molecule has 1 aliphatic rings. The first-order chi connectivity index (χ1) is 10.5. The molecule has 4 nitrogen and oxygen atoms in total. The van der Waals surface area contributed by atoms with Crippen LogP contribution in [0.15, 0.2) is 18.2 Å². The number of hydrogen-bond acceptors (Lipinski definition) is 2. The van der Waals surface area contributed by atoms with Gasteiger partial charge in [0.1, 0.15) is 0 Å². The van der Waals surface area contributed by atoms with E-state index < -0.39 is 11.6 Å². The Hall–Kier alpha value is -1.98. The number of carbonyl (C=O) groups excluding carboxylic acids is 2. The summed E-state index contributed by atoms with van der Waals surface area (Å²) in [7, 11) is 0. The van der Waals surface area contributed by atoms with E-state index in [4.69, 9.17) is 0 Å². The lowest BCUT2D eigenvalue weighted by Gasteiger charge is -2.22. The smallest absolute Gasteiger partial charge is 0.254 e. The van der Waals surface area contributed by atoms with Gasteiger partial charge in [-0.2, -0.15) is 0 Å². The van der Waals surface area contributed by atoms with Crippen molar-refractivity contribution in [3.05, 3.63) is 35.4 Å². The van der Waals surface area contributed by atoms with Gasteiger partial charge in [-0.15, -0.1) is 0 Å². The van der Waals surface area contributed by atoms with E-state index in [0.29, 0.717) is 39.0 Å². The molecule has 0 unspecified atom stereocenters. The molecule has 2 amide bonds. The van der Waals surface area contributed by atoms with Crippen LogP contribution in [0.4, 0.5) is 8.78 Å². The van der Waals surface area contributed by atoms with Gasteiger partial charge in [0.15, 0.2) is 11.6 Å². The van der Waals surface area contributed by atoms with Crippen molar-refractivity contribution < 1.29 is 18.4 Å². The molecule has 22 heavy (non-hydrogen) atoms. The molecule has 0 N–H and O–H groups in total. The Morgan fingerprint density at radius 3 is 2.41 bits per heavy atom. The van der Waals surface area contributed by atoms with E-state index in [1.54, 1.807) is 9.80 Å². The van der Waals surface area contributed by atoms with E-state index in [-0.39, 0.29) is 17.4 Å². The van der Waals surface area contributed by atoms with Crippen molar-refractivity contribution in [1.82, 2.24) is 9.80 Å². The Bertz CT molecular complexity index is 563. The largest absolute Gasteiger partial charge is 0.341 e. The molecule has 1 aliphatic heterocycles. The van der Waals surface area contributed by atoms with E-state index >= 15 is 0 Å². The molecule has 1 heterocycles. The van der Waals surface area contributed by atoms with Gasteiger partial charge < -0.3 is 9.80 Å². The van der Waals surface area contributed by atoms with Crippen molar-refractivity contribution in [1.29, 1.82) is 0 Å². The summed E-state index contributed by atoms with van der Waals surface area (Å²) >= 11 is 0. The first-order valence-electron chi connectivity index (χ1n) is 7.55. The average molecular weight is 310 g/mol. The Balaban J connectivity index is 2.02. The number of nitrogens with zero attached hydrogens (tertiary/aromatic N) is 2. The van der Waals surface area contributed by atoms with Crippen LogP contribution < -0.4 is 0 Å². The first-order valence-corrected chi connectivity index (χ1v) is 7.55. The third kappa shape index (κ3) is 3.81. The van der Waals surface area contributed by atoms with Crippen LogP contribution in [-0.2, 0) is 4.79 Å². The first kappa shape index (κ1) is 16.4. The van der Waals surface area contributed by atoms with Gasteiger partial charge in [0, 0.05) is 38.2 Å². The molecule has 0 saturated carbocycles. The number of rotatable bonds is 3. The third-order valence-electron chi connectivity index (χ3n) is 3.77. The van der Waals surface area contributed by atoms with Crippen LogP contribution in [-0.4, -0.2) is 47.8 Å². The standard InChI is InChI=1S/C16H20F2N2O2/c1-2-4-15(21)19-7-3-8-20(10-9-19)16(22)12-5-6-13(17)14(18)11-12/h5-6,11H,2-4,7-10H2,1H3. The fourth-order valence-corrected chi connectivity index (χ4v) is 2.55. The normalized spacial score (nSPS) is 15.6. The highest BCUT2D eigenvalue weighted by Gasteiger charge is 2.23. The number of hydrogen-bond donors (Lipinski definition) is 0. The van der Waals surface area contributed by atoms with E-state index in [0.717, 1.165) is 18.6 Å². The molecule has 0 aliphatic carbocycles. The van der Waals surface area contributed by atoms with Crippen molar-refractivity contribution >= 4 is 11.8 Å². The van der Waals surface area contributed by atoms with Gasteiger partial charge in [-0.25, -0.2) is 8.78 Å².